The molecule has 3 rings (SSSR count). The van der Waals surface area contributed by atoms with Crippen LogP contribution in [-0.2, 0) is 23.4 Å². The predicted octanol–water partition coefficient (Wildman–Crippen LogP) is 4.74. The number of ether oxygens (including phenoxy) is 3. The van der Waals surface area contributed by atoms with Crippen molar-refractivity contribution in [2.24, 2.45) is 0 Å². The monoisotopic (exact) mass is 589 g/mol. The second kappa shape index (κ2) is 16.0. The first-order valence-electron chi connectivity index (χ1n) is 13.1. The summed E-state index contributed by atoms with van der Waals surface area (Å²) in [6, 6.07) is 5.30. The summed E-state index contributed by atoms with van der Waals surface area (Å²) in [6.45, 7) is 7.57. The first kappa shape index (κ1) is 33.6. The molecule has 1 aromatic carbocycles. The molecule has 0 amide bonds. The van der Waals surface area contributed by atoms with Crippen LogP contribution in [0.5, 0.6) is 11.5 Å². The third kappa shape index (κ3) is 9.20. The van der Waals surface area contributed by atoms with Crippen LogP contribution in [0.15, 0.2) is 36.8 Å². The molecule has 3 N–H and O–H groups in total. The number of nitrogens with zero attached hydrogens (tertiary/aromatic N) is 3. The Morgan fingerprint density at radius 1 is 1.15 bits per heavy atom. The highest BCUT2D eigenvalue weighted by atomic mass is 31.2. The minimum Gasteiger partial charge on any atom is -0.497 e. The lowest BCUT2D eigenvalue weighted by Gasteiger charge is -2.26. The Hall–Kier alpha value is -3.62. The number of aromatic nitrogens is 3. The fraction of sp³-hybridized carbons (Fsp3) is 0.464. The average molecular weight is 590 g/mol. The first-order chi connectivity index (χ1) is 19.6. The van der Waals surface area contributed by atoms with Gasteiger partial charge in [0.1, 0.15) is 35.3 Å². The van der Waals surface area contributed by atoms with Crippen molar-refractivity contribution in [2.45, 2.75) is 58.7 Å². The summed E-state index contributed by atoms with van der Waals surface area (Å²) in [4.78, 5) is 20.4. The topological polar surface area (TPSA) is 149 Å². The Morgan fingerprint density at radius 3 is 2.34 bits per heavy atom. The number of terminal acetylenes is 1. The molecule has 12 nitrogen and oxygen atoms in total. The Labute approximate surface area is 241 Å². The van der Waals surface area contributed by atoms with Gasteiger partial charge in [0, 0.05) is 19.3 Å². The molecule has 0 saturated heterocycles. The number of rotatable bonds is 13. The lowest BCUT2D eigenvalue weighted by molar-refractivity contribution is -0.142. The van der Waals surface area contributed by atoms with Crippen LogP contribution in [-0.4, -0.2) is 60.6 Å². The summed E-state index contributed by atoms with van der Waals surface area (Å²) >= 11 is 0. The number of hydrogen-bond donors (Lipinski definition) is 2. The van der Waals surface area contributed by atoms with E-state index in [-0.39, 0.29) is 18.4 Å². The summed E-state index contributed by atoms with van der Waals surface area (Å²) < 4.78 is 42.5. The van der Waals surface area contributed by atoms with Crippen molar-refractivity contribution in [3.05, 3.63) is 42.4 Å². The number of methoxy groups -OCH3 is 3. The number of fused-ring (bicyclic) bond motifs is 1. The second-order valence-corrected chi connectivity index (χ2v) is 10.8. The highest BCUT2D eigenvalue weighted by Gasteiger charge is 2.33. The van der Waals surface area contributed by atoms with Crippen LogP contribution >= 0.6 is 7.75 Å². The number of carbonyl (C=O) groups excluding carboxylic acids is 1. The number of anilines is 1. The smallest absolute Gasteiger partial charge is 0.459 e. The molecule has 0 aliphatic heterocycles. The molecule has 4 unspecified atom stereocenters. The van der Waals surface area contributed by atoms with Gasteiger partial charge < -0.3 is 29.0 Å². The number of carbonyl (C=O) groups is 1. The summed E-state index contributed by atoms with van der Waals surface area (Å²) in [5.74, 6) is 3.12. The van der Waals surface area contributed by atoms with E-state index < -0.39 is 25.9 Å². The van der Waals surface area contributed by atoms with Crippen LogP contribution < -0.4 is 20.1 Å². The Kier molecular flexibility index (Phi) is 13.1. The number of benzene rings is 1. The van der Waals surface area contributed by atoms with Gasteiger partial charge in [0.25, 0.3) is 0 Å². The van der Waals surface area contributed by atoms with Gasteiger partial charge >= 0.3 is 13.7 Å². The molecule has 2 heterocycles. The van der Waals surface area contributed by atoms with E-state index in [4.69, 9.17) is 35.4 Å². The third-order valence-corrected chi connectivity index (χ3v) is 7.47. The minimum absolute atomic E-state index is 0.118. The molecule has 0 fully saturated rings. The molecule has 224 valence electrons. The van der Waals surface area contributed by atoms with Crippen LogP contribution in [0, 0.1) is 12.3 Å². The van der Waals surface area contributed by atoms with Gasteiger partial charge in [-0.3, -0.25) is 9.32 Å². The molecule has 0 radical (unpaired) electrons. The molecule has 0 aliphatic carbocycles. The second-order valence-electron chi connectivity index (χ2n) is 9.14. The van der Waals surface area contributed by atoms with Crippen LogP contribution in [0.1, 0.15) is 52.1 Å². The molecule has 13 heteroatoms. The molecular weight excluding hydrogens is 549 g/mol. The molecule has 41 heavy (non-hydrogen) atoms. The van der Waals surface area contributed by atoms with Gasteiger partial charge in [-0.2, -0.15) is 5.09 Å². The van der Waals surface area contributed by atoms with Gasteiger partial charge in [0.15, 0.2) is 0 Å². The van der Waals surface area contributed by atoms with Gasteiger partial charge in [-0.25, -0.2) is 14.5 Å². The lowest BCUT2D eigenvalue weighted by atomic mass is 10.1. The molecule has 2 aromatic heterocycles. The van der Waals surface area contributed by atoms with Gasteiger partial charge in [-0.15, -0.1) is 6.42 Å². The molecule has 0 spiro atoms. The van der Waals surface area contributed by atoms with E-state index in [0.717, 1.165) is 0 Å². The van der Waals surface area contributed by atoms with E-state index in [0.29, 0.717) is 34.6 Å². The summed E-state index contributed by atoms with van der Waals surface area (Å²) in [5, 5.41) is 3.22. The fourth-order valence-corrected chi connectivity index (χ4v) is 5.31. The lowest BCUT2D eigenvalue weighted by Crippen LogP contribution is -2.35. The van der Waals surface area contributed by atoms with Crippen LogP contribution in [0.3, 0.4) is 0 Å². The fourth-order valence-electron chi connectivity index (χ4n) is 3.79. The van der Waals surface area contributed by atoms with Crippen molar-refractivity contribution >= 4 is 30.6 Å². The third-order valence-electron chi connectivity index (χ3n) is 5.83. The van der Waals surface area contributed by atoms with Crippen molar-refractivity contribution < 1.29 is 32.6 Å². The van der Waals surface area contributed by atoms with E-state index >= 15 is 0 Å². The van der Waals surface area contributed by atoms with E-state index in [1.807, 2.05) is 11.5 Å². The van der Waals surface area contributed by atoms with E-state index in [1.54, 1.807) is 30.5 Å². The Balaban J connectivity index is 0.00000187. The Morgan fingerprint density at radius 2 is 1.78 bits per heavy atom. The van der Waals surface area contributed by atoms with E-state index in [1.165, 1.54) is 41.0 Å². The Bertz CT molecular complexity index is 1360. The van der Waals surface area contributed by atoms with Crippen molar-refractivity contribution in [2.75, 3.05) is 33.7 Å². The molecule has 0 saturated carbocycles. The van der Waals surface area contributed by atoms with E-state index in [2.05, 4.69) is 34.8 Å². The zero-order valence-electron chi connectivity index (χ0n) is 24.6. The number of nitrogens with two attached hydrogens (primary N) is 1. The van der Waals surface area contributed by atoms with Crippen LogP contribution in [0.4, 0.5) is 5.82 Å². The van der Waals surface area contributed by atoms with Crippen molar-refractivity contribution in [1.29, 1.82) is 0 Å². The van der Waals surface area contributed by atoms with Crippen molar-refractivity contribution in [3.63, 3.8) is 0 Å². The molecule has 4 atom stereocenters. The first-order valence-corrected chi connectivity index (χ1v) is 14.6. The maximum atomic E-state index is 13.7. The normalized spacial score (nSPS) is 14.5. The van der Waals surface area contributed by atoms with Gasteiger partial charge in [-0.1, -0.05) is 26.2 Å². The zero-order chi connectivity index (χ0) is 30.6. The van der Waals surface area contributed by atoms with Gasteiger partial charge in [0.05, 0.1) is 37.9 Å². The highest BCUT2D eigenvalue weighted by Crippen LogP contribution is 2.45. The number of nitrogen functional groups attached to an aromatic ring is 1. The number of hydrogen-bond acceptors (Lipinski definition) is 10. The van der Waals surface area contributed by atoms with Crippen LogP contribution in [0.2, 0.25) is 0 Å². The van der Waals surface area contributed by atoms with Crippen molar-refractivity contribution in [1.82, 2.24) is 19.6 Å². The van der Waals surface area contributed by atoms with Crippen molar-refractivity contribution in [3.8, 4) is 23.8 Å². The number of nitrogens with one attached hydrogen (secondary N) is 1. The molecule has 0 bridgehead atoms. The molecule has 3 aromatic rings. The minimum atomic E-state index is -4.06. The number of esters is 1. The largest absolute Gasteiger partial charge is 0.497 e. The predicted molar refractivity (Wildman–Crippen MR) is 158 cm³/mol. The summed E-state index contributed by atoms with van der Waals surface area (Å²) in [6.07, 6.45) is 9.99. The maximum Gasteiger partial charge on any atom is 0.459 e. The SMILES string of the molecule is C#Cc1cn(C(C)CC(COP(=O)(NC(C)C(=O)OC)Oc2ccc(OC)cc2)OC)c2ncnc(N)c12.CCC. The highest BCUT2D eigenvalue weighted by molar-refractivity contribution is 7.52. The average Bonchev–Trinajstić information content (AvgIpc) is 3.35. The van der Waals surface area contributed by atoms with E-state index in [9.17, 15) is 9.36 Å². The maximum absolute atomic E-state index is 13.7. The standard InChI is InChI=1S/C25H32N5O7P.C3H8/c1-7-18-13-30(24-22(18)23(26)27-15-28-24)16(2)12-21(34-5)14-36-38(32,29-17(3)25(31)35-6)37-20-10-8-19(33-4)9-11-20;1-3-2/h1,8-11,13,15-17,21H,12,14H2,2-6H3,(H,29,32)(H2,26,27,28);3H2,1-2H3. The molecule has 0 aliphatic rings. The molecular formula is C28H40N5O7P. The summed E-state index contributed by atoms with van der Waals surface area (Å²) in [5.41, 5.74) is 7.19. The zero-order valence-corrected chi connectivity index (χ0v) is 25.5. The van der Waals surface area contributed by atoms with Gasteiger partial charge in [-0.05, 0) is 44.5 Å². The quantitative estimate of drug-likeness (QED) is 0.162. The summed E-state index contributed by atoms with van der Waals surface area (Å²) in [7, 11) is 0.215. The van der Waals surface area contributed by atoms with Crippen LogP contribution in [0.25, 0.3) is 11.0 Å². The van der Waals surface area contributed by atoms with Gasteiger partial charge in [0.2, 0.25) is 0 Å².